The highest BCUT2D eigenvalue weighted by Crippen LogP contribution is 2.28. The molecule has 0 atom stereocenters. The molecule has 0 fully saturated rings. The number of rotatable bonds is 6. The normalized spacial score (nSPS) is 10.4. The first-order chi connectivity index (χ1) is 13.9. The van der Waals surface area contributed by atoms with Crippen LogP contribution in [-0.4, -0.2) is 35.5 Å². The number of ketones is 2. The van der Waals surface area contributed by atoms with Gasteiger partial charge in [0.2, 0.25) is 0 Å². The Labute approximate surface area is 166 Å². The fourth-order valence-electron chi connectivity index (χ4n) is 2.94. The molecule has 0 radical (unpaired) electrons. The first-order valence-corrected chi connectivity index (χ1v) is 8.70. The Hall–Kier alpha value is -3.87. The van der Waals surface area contributed by atoms with Crippen LogP contribution >= 0.6 is 0 Å². The number of nitrogens with zero attached hydrogens (tertiary/aromatic N) is 1. The van der Waals surface area contributed by atoms with E-state index in [0.29, 0.717) is 17.2 Å². The van der Waals surface area contributed by atoms with Gasteiger partial charge in [-0.1, -0.05) is 12.1 Å². The summed E-state index contributed by atoms with van der Waals surface area (Å²) in [7, 11) is 2.92. The highest BCUT2D eigenvalue weighted by atomic mass is 16.5. The van der Waals surface area contributed by atoms with Gasteiger partial charge in [0.05, 0.1) is 31.0 Å². The predicted molar refractivity (Wildman–Crippen MR) is 107 cm³/mol. The number of aromatic nitrogens is 1. The fraction of sp³-hybridized carbons (Fsp3) is 0.136. The molecular weight excluding hydrogens is 374 g/mol. The Morgan fingerprint density at radius 2 is 1.69 bits per heavy atom. The van der Waals surface area contributed by atoms with Crippen LogP contribution in [0.5, 0.6) is 17.2 Å². The number of hydrogen-bond acceptors (Lipinski definition) is 6. The van der Waals surface area contributed by atoms with E-state index in [4.69, 9.17) is 9.47 Å². The number of phenolic OH excluding ortho intramolecular Hbond substituents is 1. The lowest BCUT2D eigenvalue weighted by Crippen LogP contribution is -2.26. The molecule has 1 heterocycles. The summed E-state index contributed by atoms with van der Waals surface area (Å²) in [6, 6.07) is 12.1. The van der Waals surface area contributed by atoms with Gasteiger partial charge in [-0.25, -0.2) is 0 Å². The van der Waals surface area contributed by atoms with E-state index < -0.39 is 17.1 Å². The molecule has 3 rings (SSSR count). The number of carbonyl (C=O) groups excluding carboxylic acids is 2. The van der Waals surface area contributed by atoms with Crippen LogP contribution in [0.3, 0.4) is 0 Å². The second-order valence-corrected chi connectivity index (χ2v) is 6.26. The summed E-state index contributed by atoms with van der Waals surface area (Å²) in [4.78, 5) is 38.0. The zero-order valence-electron chi connectivity index (χ0n) is 16.1. The van der Waals surface area contributed by atoms with Crippen LogP contribution in [0.25, 0.3) is 5.69 Å². The summed E-state index contributed by atoms with van der Waals surface area (Å²) in [6.45, 7) is 1.25. The van der Waals surface area contributed by atoms with Crippen LogP contribution in [-0.2, 0) is 0 Å². The van der Waals surface area contributed by atoms with Gasteiger partial charge in [-0.3, -0.25) is 19.0 Å². The fourth-order valence-corrected chi connectivity index (χ4v) is 2.94. The van der Waals surface area contributed by atoms with Crippen molar-refractivity contribution in [1.82, 2.24) is 4.57 Å². The average molecular weight is 393 g/mol. The molecule has 0 saturated carbocycles. The number of Topliss-reactive ketones (excluding diaryl/α,β-unsaturated/α-hetero) is 1. The van der Waals surface area contributed by atoms with Gasteiger partial charge >= 0.3 is 0 Å². The summed E-state index contributed by atoms with van der Waals surface area (Å²) >= 11 is 0. The van der Waals surface area contributed by atoms with E-state index >= 15 is 0 Å². The van der Waals surface area contributed by atoms with Gasteiger partial charge < -0.3 is 14.6 Å². The zero-order chi connectivity index (χ0) is 21.1. The van der Waals surface area contributed by atoms with Crippen LogP contribution in [0, 0.1) is 0 Å². The van der Waals surface area contributed by atoms with Crippen LogP contribution in [0.1, 0.15) is 33.2 Å². The molecule has 0 spiro atoms. The molecule has 0 amide bonds. The smallest absolute Gasteiger partial charge is 0.266 e. The van der Waals surface area contributed by atoms with Gasteiger partial charge in [0.15, 0.2) is 11.6 Å². The molecule has 2 aromatic carbocycles. The molecule has 0 bridgehead atoms. The largest absolute Gasteiger partial charge is 0.507 e. The molecule has 0 aliphatic heterocycles. The van der Waals surface area contributed by atoms with Crippen LogP contribution in [0.15, 0.2) is 59.5 Å². The highest BCUT2D eigenvalue weighted by molar-refractivity contribution is 6.11. The van der Waals surface area contributed by atoms with Gasteiger partial charge in [0.1, 0.15) is 17.2 Å². The topological polar surface area (TPSA) is 94.8 Å². The Kier molecular flexibility index (Phi) is 5.50. The van der Waals surface area contributed by atoms with Crippen LogP contribution < -0.4 is 15.0 Å². The van der Waals surface area contributed by atoms with Gasteiger partial charge in [-0.2, -0.15) is 0 Å². The van der Waals surface area contributed by atoms with Crippen molar-refractivity contribution in [3.63, 3.8) is 0 Å². The van der Waals surface area contributed by atoms with Crippen LogP contribution in [0.2, 0.25) is 0 Å². The summed E-state index contributed by atoms with van der Waals surface area (Å²) in [5.74, 6) is -0.388. The van der Waals surface area contributed by atoms with Crippen molar-refractivity contribution in [1.29, 1.82) is 0 Å². The van der Waals surface area contributed by atoms with Crippen LogP contribution in [0.4, 0.5) is 0 Å². The highest BCUT2D eigenvalue weighted by Gasteiger charge is 2.20. The van der Waals surface area contributed by atoms with Crippen molar-refractivity contribution in [2.75, 3.05) is 14.2 Å². The van der Waals surface area contributed by atoms with E-state index in [1.165, 1.54) is 50.1 Å². The summed E-state index contributed by atoms with van der Waals surface area (Å²) in [5.41, 5.74) is -0.314. The van der Waals surface area contributed by atoms with Crippen molar-refractivity contribution in [3.05, 3.63) is 81.8 Å². The number of aromatic hydroxyl groups is 1. The van der Waals surface area contributed by atoms with Crippen molar-refractivity contribution >= 4 is 11.6 Å². The van der Waals surface area contributed by atoms with E-state index in [0.717, 1.165) is 0 Å². The molecule has 1 N–H and O–H groups in total. The van der Waals surface area contributed by atoms with Gasteiger partial charge in [-0.15, -0.1) is 0 Å². The predicted octanol–water partition coefficient (Wildman–Crippen LogP) is 2.99. The number of benzene rings is 2. The molecule has 1 aromatic heterocycles. The maximum absolute atomic E-state index is 13.0. The molecule has 148 valence electrons. The minimum Gasteiger partial charge on any atom is -0.507 e. The molecule has 3 aromatic rings. The molecule has 0 aliphatic rings. The number of carbonyl (C=O) groups is 2. The van der Waals surface area contributed by atoms with Gasteiger partial charge in [0.25, 0.3) is 5.56 Å². The monoisotopic (exact) mass is 393 g/mol. The Morgan fingerprint density at radius 3 is 2.31 bits per heavy atom. The third-order valence-electron chi connectivity index (χ3n) is 4.45. The standard InChI is InChI=1S/C22H19NO6/c1-13(24)17-10-14(21(26)16-6-4-5-7-19(16)25)12-23(22(17)27)18-11-15(28-2)8-9-20(18)29-3/h4-12,25H,1-3H3. The minimum absolute atomic E-state index is 0.0600. The number of methoxy groups -OCH3 is 2. The van der Waals surface area contributed by atoms with Gasteiger partial charge in [-0.05, 0) is 37.3 Å². The number of phenols is 1. The SMILES string of the molecule is COc1ccc(OC)c(-n2cc(C(=O)c3ccccc3O)cc(C(C)=O)c2=O)c1. The number of hydrogen-bond donors (Lipinski definition) is 1. The van der Waals surface area contributed by atoms with E-state index in [-0.39, 0.29) is 22.4 Å². The average Bonchev–Trinajstić information content (AvgIpc) is 2.73. The number of para-hydroxylation sites is 1. The van der Waals surface area contributed by atoms with Crippen molar-refractivity contribution in [2.45, 2.75) is 6.92 Å². The maximum Gasteiger partial charge on any atom is 0.266 e. The zero-order valence-corrected chi connectivity index (χ0v) is 16.1. The van der Waals surface area contributed by atoms with Crippen molar-refractivity contribution in [3.8, 4) is 22.9 Å². The van der Waals surface area contributed by atoms with Crippen molar-refractivity contribution < 1.29 is 24.2 Å². The second-order valence-electron chi connectivity index (χ2n) is 6.26. The summed E-state index contributed by atoms with van der Waals surface area (Å²) in [6.07, 6.45) is 1.32. The van der Waals surface area contributed by atoms with E-state index in [2.05, 4.69) is 0 Å². The van der Waals surface area contributed by atoms with Gasteiger partial charge in [0, 0.05) is 17.8 Å². The minimum atomic E-state index is -0.599. The number of ether oxygens (including phenoxy) is 2. The molecule has 7 heteroatoms. The first-order valence-electron chi connectivity index (χ1n) is 8.70. The molecule has 0 saturated heterocycles. The lowest BCUT2D eigenvalue weighted by Gasteiger charge is -2.15. The Morgan fingerprint density at radius 1 is 0.966 bits per heavy atom. The Balaban J connectivity index is 2.29. The van der Waals surface area contributed by atoms with Crippen molar-refractivity contribution in [2.24, 2.45) is 0 Å². The maximum atomic E-state index is 13.0. The molecule has 0 unspecified atom stereocenters. The molecule has 29 heavy (non-hydrogen) atoms. The molecular formula is C22H19NO6. The van der Waals surface area contributed by atoms with E-state index in [9.17, 15) is 19.5 Å². The quantitative estimate of drug-likeness (QED) is 0.647. The lowest BCUT2D eigenvalue weighted by molar-refractivity contribution is 0.101. The molecule has 0 aliphatic carbocycles. The first kappa shape index (κ1) is 19.9. The second kappa shape index (κ2) is 8.02. The Bertz CT molecular complexity index is 1160. The van der Waals surface area contributed by atoms with E-state index in [1.807, 2.05) is 0 Å². The summed E-state index contributed by atoms with van der Waals surface area (Å²) in [5, 5.41) is 10.0. The summed E-state index contributed by atoms with van der Waals surface area (Å²) < 4.78 is 11.7. The molecule has 7 nitrogen and oxygen atoms in total. The third kappa shape index (κ3) is 3.75. The number of pyridine rings is 1. The van der Waals surface area contributed by atoms with E-state index in [1.54, 1.807) is 30.3 Å². The third-order valence-corrected chi connectivity index (χ3v) is 4.45. The lowest BCUT2D eigenvalue weighted by atomic mass is 10.0.